The van der Waals surface area contributed by atoms with Gasteiger partial charge in [-0.3, -0.25) is 4.79 Å². The van der Waals surface area contributed by atoms with Crippen LogP contribution in [0.4, 0.5) is 0 Å². The van der Waals surface area contributed by atoms with Crippen molar-refractivity contribution in [3.8, 4) is 11.3 Å². The van der Waals surface area contributed by atoms with Crippen LogP contribution in [0.5, 0.6) is 0 Å². The first-order valence-corrected chi connectivity index (χ1v) is 8.35. The fraction of sp³-hybridized carbons (Fsp3) is 0.474. The van der Waals surface area contributed by atoms with Crippen molar-refractivity contribution < 1.29 is 14.1 Å². The Morgan fingerprint density at radius 1 is 1.21 bits per heavy atom. The molecule has 0 saturated heterocycles. The minimum Gasteiger partial charge on any atom is -0.380 e. The Kier molecular flexibility index (Phi) is 6.15. The van der Waals surface area contributed by atoms with Crippen LogP contribution < -0.4 is 5.32 Å². The lowest BCUT2D eigenvalue weighted by Gasteiger charge is -2.18. The lowest BCUT2D eigenvalue weighted by molar-refractivity contribution is 0.0907. The fourth-order valence-corrected chi connectivity index (χ4v) is 2.23. The Hall–Kier alpha value is -2.14. The van der Waals surface area contributed by atoms with Gasteiger partial charge in [0.15, 0.2) is 11.5 Å². The van der Waals surface area contributed by atoms with Gasteiger partial charge < -0.3 is 14.6 Å². The number of carbonyl (C=O) groups is 1. The van der Waals surface area contributed by atoms with E-state index in [-0.39, 0.29) is 17.0 Å². The van der Waals surface area contributed by atoms with E-state index < -0.39 is 0 Å². The molecule has 0 aliphatic heterocycles. The summed E-state index contributed by atoms with van der Waals surface area (Å²) in [7, 11) is 0. The second-order valence-electron chi connectivity index (χ2n) is 6.77. The Labute approximate surface area is 143 Å². The quantitative estimate of drug-likeness (QED) is 0.784. The molecule has 0 aliphatic rings. The van der Waals surface area contributed by atoms with Gasteiger partial charge in [-0.15, -0.1) is 0 Å². The largest absolute Gasteiger partial charge is 0.380 e. The van der Waals surface area contributed by atoms with E-state index in [1.807, 2.05) is 19.1 Å². The molecule has 5 heteroatoms. The standard InChI is InChI=1S/C19H26N2O3/c1-5-11-23-12-10-20-18(22)16-13-17(24-21-16)14-6-8-15(9-7-14)19(2,3)4/h6-9,13H,5,10-12H2,1-4H3,(H,20,22). The summed E-state index contributed by atoms with van der Waals surface area (Å²) in [5.74, 6) is 0.333. The number of hydrogen-bond acceptors (Lipinski definition) is 4. The zero-order valence-corrected chi connectivity index (χ0v) is 14.9. The van der Waals surface area contributed by atoms with Crippen molar-refractivity contribution in [1.29, 1.82) is 0 Å². The van der Waals surface area contributed by atoms with E-state index in [9.17, 15) is 4.79 Å². The average molecular weight is 330 g/mol. The van der Waals surface area contributed by atoms with E-state index >= 15 is 0 Å². The highest BCUT2D eigenvalue weighted by atomic mass is 16.5. The molecule has 0 aliphatic carbocycles. The highest BCUT2D eigenvalue weighted by molar-refractivity contribution is 5.93. The summed E-state index contributed by atoms with van der Waals surface area (Å²) in [4.78, 5) is 12.0. The van der Waals surface area contributed by atoms with Crippen molar-refractivity contribution in [2.75, 3.05) is 19.8 Å². The van der Waals surface area contributed by atoms with Crippen molar-refractivity contribution in [3.63, 3.8) is 0 Å². The summed E-state index contributed by atoms with van der Waals surface area (Å²) < 4.78 is 10.6. The first-order valence-electron chi connectivity index (χ1n) is 8.35. The van der Waals surface area contributed by atoms with Gasteiger partial charge in [0.2, 0.25) is 0 Å². The van der Waals surface area contributed by atoms with Crippen LogP contribution in [-0.2, 0) is 10.2 Å². The zero-order valence-electron chi connectivity index (χ0n) is 14.9. The Morgan fingerprint density at radius 2 is 1.92 bits per heavy atom. The molecule has 0 saturated carbocycles. The number of nitrogens with zero attached hydrogens (tertiary/aromatic N) is 1. The van der Waals surface area contributed by atoms with Crippen LogP contribution in [-0.4, -0.2) is 30.8 Å². The number of rotatable bonds is 7. The van der Waals surface area contributed by atoms with Crippen LogP contribution in [0, 0.1) is 0 Å². The van der Waals surface area contributed by atoms with Gasteiger partial charge >= 0.3 is 0 Å². The second-order valence-corrected chi connectivity index (χ2v) is 6.77. The normalized spacial score (nSPS) is 11.5. The third kappa shape index (κ3) is 4.93. The van der Waals surface area contributed by atoms with E-state index in [1.165, 1.54) is 5.56 Å². The number of hydrogen-bond donors (Lipinski definition) is 1. The maximum atomic E-state index is 12.0. The Balaban J connectivity index is 1.96. The molecule has 0 spiro atoms. The van der Waals surface area contributed by atoms with E-state index in [0.717, 1.165) is 12.0 Å². The summed E-state index contributed by atoms with van der Waals surface area (Å²) in [6, 6.07) is 9.78. The van der Waals surface area contributed by atoms with Crippen LogP contribution in [0.2, 0.25) is 0 Å². The molecule has 0 radical (unpaired) electrons. The molecule has 0 fully saturated rings. The molecule has 5 nitrogen and oxygen atoms in total. The highest BCUT2D eigenvalue weighted by Gasteiger charge is 2.16. The smallest absolute Gasteiger partial charge is 0.273 e. The van der Waals surface area contributed by atoms with Crippen LogP contribution in [0.25, 0.3) is 11.3 Å². The molecule has 1 amide bonds. The summed E-state index contributed by atoms with van der Waals surface area (Å²) >= 11 is 0. The van der Waals surface area contributed by atoms with Crippen molar-refractivity contribution >= 4 is 5.91 Å². The predicted molar refractivity (Wildman–Crippen MR) is 94.1 cm³/mol. The number of nitrogens with one attached hydrogen (secondary N) is 1. The van der Waals surface area contributed by atoms with Crippen LogP contribution in [0.3, 0.4) is 0 Å². The molecule has 1 aromatic carbocycles. The van der Waals surface area contributed by atoms with Crippen molar-refractivity contribution in [2.45, 2.75) is 39.5 Å². The number of benzene rings is 1. The Morgan fingerprint density at radius 3 is 2.54 bits per heavy atom. The summed E-state index contributed by atoms with van der Waals surface area (Å²) in [5, 5.41) is 6.62. The number of aromatic nitrogens is 1. The molecule has 1 aromatic heterocycles. The molecule has 0 unspecified atom stereocenters. The summed E-state index contributed by atoms with van der Waals surface area (Å²) in [6.45, 7) is 10.2. The summed E-state index contributed by atoms with van der Waals surface area (Å²) in [6.07, 6.45) is 0.967. The monoisotopic (exact) mass is 330 g/mol. The highest BCUT2D eigenvalue weighted by Crippen LogP contribution is 2.26. The maximum absolute atomic E-state index is 12.0. The molecule has 2 rings (SSSR count). The SMILES string of the molecule is CCCOCCNC(=O)c1cc(-c2ccc(C(C)(C)C)cc2)on1. The van der Waals surface area contributed by atoms with Gasteiger partial charge in [0, 0.05) is 24.8 Å². The first kappa shape index (κ1) is 18.2. The van der Waals surface area contributed by atoms with Crippen molar-refractivity contribution in [3.05, 3.63) is 41.6 Å². The van der Waals surface area contributed by atoms with E-state index in [2.05, 4.69) is 43.4 Å². The molecular weight excluding hydrogens is 304 g/mol. The minimum absolute atomic E-state index is 0.102. The molecule has 0 atom stereocenters. The van der Waals surface area contributed by atoms with Gasteiger partial charge in [-0.2, -0.15) is 0 Å². The molecule has 24 heavy (non-hydrogen) atoms. The third-order valence-electron chi connectivity index (χ3n) is 3.66. The molecule has 1 N–H and O–H groups in total. The average Bonchev–Trinajstić information content (AvgIpc) is 3.04. The molecule has 130 valence electrons. The van der Waals surface area contributed by atoms with Gasteiger partial charge in [0.05, 0.1) is 6.61 Å². The predicted octanol–water partition coefficient (Wildman–Crippen LogP) is 3.80. The van der Waals surface area contributed by atoms with E-state index in [1.54, 1.807) is 6.07 Å². The van der Waals surface area contributed by atoms with Crippen LogP contribution in [0.15, 0.2) is 34.9 Å². The lowest BCUT2D eigenvalue weighted by atomic mass is 9.86. The van der Waals surface area contributed by atoms with Crippen LogP contribution >= 0.6 is 0 Å². The fourth-order valence-electron chi connectivity index (χ4n) is 2.23. The third-order valence-corrected chi connectivity index (χ3v) is 3.66. The summed E-state index contributed by atoms with van der Waals surface area (Å²) in [5.41, 5.74) is 2.53. The van der Waals surface area contributed by atoms with Crippen LogP contribution in [0.1, 0.15) is 50.2 Å². The van der Waals surface area contributed by atoms with Gasteiger partial charge in [-0.05, 0) is 17.4 Å². The number of carbonyl (C=O) groups excluding carboxylic acids is 1. The van der Waals surface area contributed by atoms with Crippen molar-refractivity contribution in [1.82, 2.24) is 10.5 Å². The van der Waals surface area contributed by atoms with Gasteiger partial charge in [-0.1, -0.05) is 57.1 Å². The van der Waals surface area contributed by atoms with E-state index in [0.29, 0.717) is 25.5 Å². The lowest BCUT2D eigenvalue weighted by Crippen LogP contribution is -2.27. The molecular formula is C19H26N2O3. The zero-order chi connectivity index (χ0) is 17.6. The number of ether oxygens (including phenoxy) is 1. The molecule has 2 aromatic rings. The molecule has 0 bridgehead atoms. The topological polar surface area (TPSA) is 64.4 Å². The second kappa shape index (κ2) is 8.11. The minimum atomic E-state index is -0.253. The number of amides is 1. The maximum Gasteiger partial charge on any atom is 0.273 e. The van der Waals surface area contributed by atoms with Gasteiger partial charge in [-0.25, -0.2) is 0 Å². The first-order chi connectivity index (χ1) is 11.4. The molecule has 1 heterocycles. The Bertz CT molecular complexity index is 654. The van der Waals surface area contributed by atoms with E-state index in [4.69, 9.17) is 9.26 Å². The van der Waals surface area contributed by atoms with Crippen molar-refractivity contribution in [2.24, 2.45) is 0 Å². The van der Waals surface area contributed by atoms with Gasteiger partial charge in [0.1, 0.15) is 0 Å². The van der Waals surface area contributed by atoms with Gasteiger partial charge in [0.25, 0.3) is 5.91 Å².